The van der Waals surface area contributed by atoms with Gasteiger partial charge in [-0.3, -0.25) is 4.99 Å². The van der Waals surface area contributed by atoms with Gasteiger partial charge in [0.25, 0.3) is 5.84 Å². The Bertz CT molecular complexity index is 877. The zero-order chi connectivity index (χ0) is 17.7. The van der Waals surface area contributed by atoms with Crippen molar-refractivity contribution in [1.82, 2.24) is 10.0 Å². The van der Waals surface area contributed by atoms with Crippen molar-refractivity contribution in [1.29, 1.82) is 0 Å². The van der Waals surface area contributed by atoms with Crippen molar-refractivity contribution in [2.24, 2.45) is 0 Å². The first-order chi connectivity index (χ1) is 12.0. The second kappa shape index (κ2) is 7.66. The highest BCUT2D eigenvalue weighted by atomic mass is 32.2. The molecule has 1 aromatic heterocycles. The van der Waals surface area contributed by atoms with Gasteiger partial charge in [-0.05, 0) is 49.0 Å². The average Bonchev–Trinajstić information content (AvgIpc) is 3.26. The number of anilines is 1. The molecule has 2 heterocycles. The van der Waals surface area contributed by atoms with Gasteiger partial charge in [0.05, 0.1) is 25.8 Å². The molecule has 7 nitrogen and oxygen atoms in total. The Morgan fingerprint density at radius 1 is 1.28 bits per heavy atom. The van der Waals surface area contributed by atoms with E-state index in [1.165, 1.54) is 0 Å². The molecule has 0 bridgehead atoms. The summed E-state index contributed by atoms with van der Waals surface area (Å²) in [6, 6.07) is 10.1. The summed E-state index contributed by atoms with van der Waals surface area (Å²) >= 11 is 5.22. The van der Waals surface area contributed by atoms with Crippen LogP contribution < -0.4 is 20.3 Å². The minimum Gasteiger partial charge on any atom is -0.467 e. The van der Waals surface area contributed by atoms with Gasteiger partial charge in [0.2, 0.25) is 0 Å². The number of furan rings is 1. The van der Waals surface area contributed by atoms with E-state index in [0.717, 1.165) is 18.7 Å². The number of rotatable bonds is 5. The standard InChI is InChI=1S/C16H18N4O3S2/c21-25(22,20-15-7-2-8-17-15)14-6-1-4-12(10-14)19-16(24)18-11-13-5-3-9-23-13/h1,3-6,9-10H,2,7-8,11H2,(H,17,20)(H2,18,19,24)/p+1. The van der Waals surface area contributed by atoms with E-state index in [9.17, 15) is 8.42 Å². The van der Waals surface area contributed by atoms with Gasteiger partial charge in [0, 0.05) is 5.69 Å². The molecule has 1 aliphatic rings. The Balaban J connectivity index is 1.63. The Morgan fingerprint density at radius 2 is 2.16 bits per heavy atom. The fourth-order valence-electron chi connectivity index (χ4n) is 2.40. The molecule has 2 aromatic rings. The van der Waals surface area contributed by atoms with Crippen LogP contribution in [0.15, 0.2) is 52.0 Å². The van der Waals surface area contributed by atoms with Crippen molar-refractivity contribution >= 4 is 38.9 Å². The maximum absolute atomic E-state index is 12.4. The molecule has 4 N–H and O–H groups in total. The number of hydrogen-bond donors (Lipinski definition) is 4. The first kappa shape index (κ1) is 17.4. The summed E-state index contributed by atoms with van der Waals surface area (Å²) in [5, 5.41) is 6.35. The maximum Gasteiger partial charge on any atom is 0.328 e. The van der Waals surface area contributed by atoms with Gasteiger partial charge in [-0.25, -0.2) is 0 Å². The molecule has 0 saturated carbocycles. The van der Waals surface area contributed by atoms with Crippen LogP contribution in [-0.2, 0) is 16.6 Å². The fourth-order valence-corrected chi connectivity index (χ4v) is 3.74. The van der Waals surface area contributed by atoms with Crippen LogP contribution in [0.25, 0.3) is 0 Å². The summed E-state index contributed by atoms with van der Waals surface area (Å²) in [4.78, 5) is 3.20. The summed E-state index contributed by atoms with van der Waals surface area (Å²) in [5.41, 5.74) is 0.587. The third-order valence-electron chi connectivity index (χ3n) is 3.60. The van der Waals surface area contributed by atoms with Crippen molar-refractivity contribution in [3.63, 3.8) is 0 Å². The van der Waals surface area contributed by atoms with Crippen LogP contribution in [0.4, 0.5) is 5.69 Å². The molecule has 0 fully saturated rings. The van der Waals surface area contributed by atoms with E-state index in [-0.39, 0.29) is 4.90 Å². The Kier molecular flexibility index (Phi) is 5.34. The van der Waals surface area contributed by atoms with Gasteiger partial charge in [-0.1, -0.05) is 6.07 Å². The topological polar surface area (TPSA) is 97.3 Å². The molecule has 0 spiro atoms. The minimum atomic E-state index is -3.62. The number of thiocarbonyl (C=S) groups is 1. The fraction of sp³-hybridized carbons (Fsp3) is 0.250. The number of amidine groups is 1. The quantitative estimate of drug-likeness (QED) is 0.559. The van der Waals surface area contributed by atoms with Crippen LogP contribution in [0.3, 0.4) is 0 Å². The van der Waals surface area contributed by atoms with Crippen molar-refractivity contribution < 1.29 is 17.8 Å². The molecule has 1 aliphatic heterocycles. The molecule has 0 unspecified atom stereocenters. The molecular weight excluding hydrogens is 360 g/mol. The van der Waals surface area contributed by atoms with Gasteiger partial charge in [0.15, 0.2) is 5.11 Å². The minimum absolute atomic E-state index is 0.174. The molecular formula is C16H19N4O3S2+. The lowest BCUT2D eigenvalue weighted by molar-refractivity contribution is -0.448. The van der Waals surface area contributed by atoms with Crippen molar-refractivity contribution in [2.75, 3.05) is 11.9 Å². The van der Waals surface area contributed by atoms with E-state index in [0.29, 0.717) is 29.6 Å². The zero-order valence-corrected chi connectivity index (χ0v) is 15.0. The predicted molar refractivity (Wildman–Crippen MR) is 98.6 cm³/mol. The number of hydrogen-bond acceptors (Lipinski definition) is 4. The number of benzene rings is 1. The largest absolute Gasteiger partial charge is 0.467 e. The monoisotopic (exact) mass is 379 g/mol. The molecule has 1 aromatic carbocycles. The molecule has 0 saturated heterocycles. The second-order valence-corrected chi connectivity index (χ2v) is 7.62. The van der Waals surface area contributed by atoms with Gasteiger partial charge in [-0.2, -0.15) is 13.1 Å². The van der Waals surface area contributed by atoms with Gasteiger partial charge < -0.3 is 15.1 Å². The van der Waals surface area contributed by atoms with Crippen molar-refractivity contribution in [3.8, 4) is 0 Å². The summed E-state index contributed by atoms with van der Waals surface area (Å²) in [5.74, 6) is 1.39. The highest BCUT2D eigenvalue weighted by Crippen LogP contribution is 2.15. The first-order valence-electron chi connectivity index (χ1n) is 7.83. The van der Waals surface area contributed by atoms with Crippen LogP contribution in [0.2, 0.25) is 0 Å². The lowest BCUT2D eigenvalue weighted by Crippen LogP contribution is -2.72. The van der Waals surface area contributed by atoms with Crippen LogP contribution in [-0.4, -0.2) is 25.9 Å². The Labute approximate surface area is 151 Å². The van der Waals surface area contributed by atoms with Crippen molar-refractivity contribution in [3.05, 3.63) is 48.4 Å². The van der Waals surface area contributed by atoms with E-state index >= 15 is 0 Å². The SMILES string of the molecule is O=S(=O)(NC1=[NH+]CCC1)c1cccc(NC(=S)NCc2ccco2)c1. The van der Waals surface area contributed by atoms with E-state index in [1.807, 2.05) is 6.07 Å². The van der Waals surface area contributed by atoms with Gasteiger partial charge >= 0.3 is 10.0 Å². The zero-order valence-electron chi connectivity index (χ0n) is 13.4. The molecule has 0 radical (unpaired) electrons. The third kappa shape index (κ3) is 4.80. The summed E-state index contributed by atoms with van der Waals surface area (Å²) in [6.07, 6.45) is 3.22. The van der Waals surface area contributed by atoms with Crippen LogP contribution >= 0.6 is 12.2 Å². The van der Waals surface area contributed by atoms with Crippen LogP contribution in [0, 0.1) is 0 Å². The van der Waals surface area contributed by atoms with E-state index in [4.69, 9.17) is 16.6 Å². The smallest absolute Gasteiger partial charge is 0.328 e. The normalized spacial score (nSPS) is 14.0. The Morgan fingerprint density at radius 3 is 2.88 bits per heavy atom. The predicted octanol–water partition coefficient (Wildman–Crippen LogP) is 0.317. The molecule has 0 aliphatic carbocycles. The average molecular weight is 379 g/mol. The molecule has 0 atom stereocenters. The van der Waals surface area contributed by atoms with Crippen molar-refractivity contribution in [2.45, 2.75) is 24.3 Å². The Hall–Kier alpha value is -2.39. The van der Waals surface area contributed by atoms with Gasteiger partial charge in [0.1, 0.15) is 10.7 Å². The molecule has 9 heteroatoms. The molecule has 25 heavy (non-hydrogen) atoms. The first-order valence-corrected chi connectivity index (χ1v) is 9.72. The van der Waals surface area contributed by atoms with E-state index in [1.54, 1.807) is 36.6 Å². The van der Waals surface area contributed by atoms with Crippen LogP contribution in [0.1, 0.15) is 18.6 Å². The molecule has 132 valence electrons. The lowest BCUT2D eigenvalue weighted by atomic mass is 10.3. The highest BCUT2D eigenvalue weighted by molar-refractivity contribution is 7.90. The summed E-state index contributed by atoms with van der Waals surface area (Å²) < 4.78 is 32.7. The highest BCUT2D eigenvalue weighted by Gasteiger charge is 2.24. The number of sulfonamides is 1. The van der Waals surface area contributed by atoms with E-state index in [2.05, 4.69) is 20.3 Å². The summed E-state index contributed by atoms with van der Waals surface area (Å²) in [7, 11) is -3.62. The van der Waals surface area contributed by atoms with E-state index < -0.39 is 10.0 Å². The molecule has 0 amide bonds. The van der Waals surface area contributed by atoms with Gasteiger partial charge in [-0.15, -0.1) is 0 Å². The second-order valence-electron chi connectivity index (χ2n) is 5.53. The summed E-state index contributed by atoms with van der Waals surface area (Å²) in [6.45, 7) is 1.23. The maximum atomic E-state index is 12.4. The lowest BCUT2D eigenvalue weighted by Gasteiger charge is -2.10. The molecule has 3 rings (SSSR count). The number of nitrogens with one attached hydrogen (secondary N) is 4. The van der Waals surface area contributed by atoms with Crippen LogP contribution in [0.5, 0.6) is 0 Å². The third-order valence-corrected chi connectivity index (χ3v) is 5.24.